The quantitative estimate of drug-likeness (QED) is 0.864. The second-order valence-corrected chi connectivity index (χ2v) is 5.86. The second kappa shape index (κ2) is 5.70. The predicted octanol–water partition coefficient (Wildman–Crippen LogP) is 2.23. The lowest BCUT2D eigenvalue weighted by Gasteiger charge is -2.26. The minimum atomic E-state index is -0.492. The van der Waals surface area contributed by atoms with Gasteiger partial charge in [-0.15, -0.1) is 5.10 Å². The van der Waals surface area contributed by atoms with Gasteiger partial charge in [0, 0.05) is 17.6 Å². The van der Waals surface area contributed by atoms with Gasteiger partial charge in [-0.25, -0.2) is 9.07 Å². The van der Waals surface area contributed by atoms with Crippen molar-refractivity contribution in [3.63, 3.8) is 0 Å². The first-order valence-corrected chi connectivity index (χ1v) is 7.30. The number of carbonyl (C=O) groups excluding carboxylic acids is 1. The molecule has 0 atom stereocenters. The summed E-state index contributed by atoms with van der Waals surface area (Å²) in [6.07, 6.45) is 1.58. The van der Waals surface area contributed by atoms with E-state index in [9.17, 15) is 9.18 Å². The van der Waals surface area contributed by atoms with Crippen molar-refractivity contribution in [2.24, 2.45) is 0 Å². The molecule has 2 heterocycles. The zero-order chi connectivity index (χ0) is 15.0. The Hall–Kier alpha value is -1.51. The van der Waals surface area contributed by atoms with E-state index in [-0.39, 0.29) is 16.8 Å². The third-order valence-electron chi connectivity index (χ3n) is 3.12. The lowest BCUT2D eigenvalue weighted by atomic mass is 10.2. The number of nitrogens with one attached hydrogen (secondary N) is 2. The van der Waals surface area contributed by atoms with Crippen molar-refractivity contribution in [3.8, 4) is 0 Å². The van der Waals surface area contributed by atoms with Gasteiger partial charge in [0.2, 0.25) is 0 Å². The molecule has 0 radical (unpaired) electrons. The fourth-order valence-electron chi connectivity index (χ4n) is 1.86. The van der Waals surface area contributed by atoms with Crippen LogP contribution in [0.4, 0.5) is 10.1 Å². The van der Waals surface area contributed by atoms with E-state index >= 15 is 0 Å². The largest absolute Gasteiger partial charge is 0.318 e. The highest BCUT2D eigenvalue weighted by Crippen LogP contribution is 2.31. The highest BCUT2D eigenvalue weighted by atomic mass is 79.9. The van der Waals surface area contributed by atoms with E-state index in [1.807, 2.05) is 0 Å². The molecule has 9 heteroatoms. The molecule has 0 bridgehead atoms. The Bertz CT molecular complexity index is 680. The molecule has 0 spiro atoms. The van der Waals surface area contributed by atoms with E-state index in [1.54, 1.807) is 10.9 Å². The van der Waals surface area contributed by atoms with Crippen LogP contribution in [0.2, 0.25) is 5.02 Å². The summed E-state index contributed by atoms with van der Waals surface area (Å²) in [6, 6.07) is 2.57. The van der Waals surface area contributed by atoms with Gasteiger partial charge in [0.05, 0.1) is 22.9 Å². The summed E-state index contributed by atoms with van der Waals surface area (Å²) in [5.74, 6) is -0.948. The van der Waals surface area contributed by atoms with Gasteiger partial charge in [-0.3, -0.25) is 4.79 Å². The van der Waals surface area contributed by atoms with E-state index < -0.39 is 11.7 Å². The molecule has 1 aliphatic rings. The first-order chi connectivity index (χ1) is 10.0. The first kappa shape index (κ1) is 14.4. The SMILES string of the molecule is O=C(Nc1c(Cl)cc(F)cc1Br)c1cn(C2CNC2)nn1. The van der Waals surface area contributed by atoms with Crippen LogP contribution < -0.4 is 10.6 Å². The monoisotopic (exact) mass is 373 g/mol. The smallest absolute Gasteiger partial charge is 0.277 e. The summed E-state index contributed by atoms with van der Waals surface area (Å²) in [6.45, 7) is 1.61. The summed E-state index contributed by atoms with van der Waals surface area (Å²) in [5.41, 5.74) is 0.470. The lowest BCUT2D eigenvalue weighted by Crippen LogP contribution is -2.43. The third kappa shape index (κ3) is 2.92. The van der Waals surface area contributed by atoms with Crippen molar-refractivity contribution in [2.75, 3.05) is 18.4 Å². The fourth-order valence-corrected chi connectivity index (χ4v) is 2.76. The molecule has 0 unspecified atom stereocenters. The average Bonchev–Trinajstić information content (AvgIpc) is 2.80. The van der Waals surface area contributed by atoms with Crippen LogP contribution in [0, 0.1) is 5.82 Å². The number of amides is 1. The highest BCUT2D eigenvalue weighted by molar-refractivity contribution is 9.10. The molecule has 3 rings (SSSR count). The third-order valence-corrected chi connectivity index (χ3v) is 4.05. The van der Waals surface area contributed by atoms with E-state index in [0.717, 1.165) is 19.2 Å². The van der Waals surface area contributed by atoms with Crippen molar-refractivity contribution in [1.29, 1.82) is 0 Å². The van der Waals surface area contributed by atoms with Gasteiger partial charge in [0.25, 0.3) is 5.91 Å². The van der Waals surface area contributed by atoms with Crippen molar-refractivity contribution in [1.82, 2.24) is 20.3 Å². The number of carbonyl (C=O) groups is 1. The number of aromatic nitrogens is 3. The minimum absolute atomic E-state index is 0.103. The van der Waals surface area contributed by atoms with Crippen LogP contribution in [0.15, 0.2) is 22.8 Å². The van der Waals surface area contributed by atoms with Crippen LogP contribution in [-0.4, -0.2) is 34.0 Å². The van der Waals surface area contributed by atoms with Gasteiger partial charge in [-0.05, 0) is 28.1 Å². The van der Waals surface area contributed by atoms with Gasteiger partial charge < -0.3 is 10.6 Å². The van der Waals surface area contributed by atoms with Gasteiger partial charge in [-0.2, -0.15) is 0 Å². The molecule has 1 amide bonds. The van der Waals surface area contributed by atoms with E-state index in [1.165, 1.54) is 6.07 Å². The van der Waals surface area contributed by atoms with E-state index in [0.29, 0.717) is 10.2 Å². The predicted molar refractivity (Wildman–Crippen MR) is 79.0 cm³/mol. The molecule has 2 aromatic rings. The zero-order valence-corrected chi connectivity index (χ0v) is 12.9. The van der Waals surface area contributed by atoms with Gasteiger partial charge in [0.15, 0.2) is 5.69 Å². The number of rotatable bonds is 3. The molecule has 1 aromatic heterocycles. The van der Waals surface area contributed by atoms with Gasteiger partial charge in [0.1, 0.15) is 5.82 Å². The van der Waals surface area contributed by atoms with Crippen molar-refractivity contribution in [2.45, 2.75) is 6.04 Å². The lowest BCUT2D eigenvalue weighted by molar-refractivity contribution is 0.102. The number of benzene rings is 1. The Balaban J connectivity index is 1.78. The van der Waals surface area contributed by atoms with Crippen LogP contribution in [0.3, 0.4) is 0 Å². The molecule has 1 fully saturated rings. The molecule has 0 aliphatic carbocycles. The molecule has 110 valence electrons. The molecular weight excluding hydrogens is 365 g/mol. The maximum Gasteiger partial charge on any atom is 0.277 e. The Labute approximate surface area is 132 Å². The summed E-state index contributed by atoms with van der Waals surface area (Å²) in [5, 5.41) is 13.6. The summed E-state index contributed by atoms with van der Waals surface area (Å²) < 4.78 is 15.2. The van der Waals surface area contributed by atoms with Crippen molar-refractivity contribution in [3.05, 3.63) is 39.3 Å². The normalized spacial score (nSPS) is 14.8. The van der Waals surface area contributed by atoms with Crippen molar-refractivity contribution < 1.29 is 9.18 Å². The summed E-state index contributed by atoms with van der Waals surface area (Å²) >= 11 is 9.08. The molecule has 0 saturated carbocycles. The van der Waals surface area contributed by atoms with Gasteiger partial charge >= 0.3 is 0 Å². The van der Waals surface area contributed by atoms with Crippen LogP contribution in [0.1, 0.15) is 16.5 Å². The minimum Gasteiger partial charge on any atom is -0.318 e. The number of anilines is 1. The maximum atomic E-state index is 13.1. The average molecular weight is 375 g/mol. The molecular formula is C12H10BrClFN5O. The summed E-state index contributed by atoms with van der Waals surface area (Å²) in [4.78, 5) is 12.1. The number of nitrogens with zero attached hydrogens (tertiary/aromatic N) is 3. The van der Waals surface area contributed by atoms with E-state index in [4.69, 9.17) is 11.6 Å². The molecule has 2 N–H and O–H groups in total. The molecule has 1 aromatic carbocycles. The highest BCUT2D eigenvalue weighted by Gasteiger charge is 2.22. The Morgan fingerprint density at radius 1 is 1.52 bits per heavy atom. The number of hydrogen-bond donors (Lipinski definition) is 2. The standard InChI is InChI=1S/C12H10BrClFN5O/c13-8-1-6(15)2-9(14)11(8)17-12(21)10-5-20(19-18-10)7-3-16-4-7/h1-2,5,7,16H,3-4H2,(H,17,21). The first-order valence-electron chi connectivity index (χ1n) is 6.13. The Morgan fingerprint density at radius 3 is 2.90 bits per heavy atom. The molecule has 21 heavy (non-hydrogen) atoms. The molecule has 6 nitrogen and oxygen atoms in total. The van der Waals surface area contributed by atoms with Gasteiger partial charge in [-0.1, -0.05) is 16.8 Å². The topological polar surface area (TPSA) is 71.8 Å². The van der Waals surface area contributed by atoms with Crippen LogP contribution in [0.25, 0.3) is 0 Å². The zero-order valence-electron chi connectivity index (χ0n) is 10.6. The summed E-state index contributed by atoms with van der Waals surface area (Å²) in [7, 11) is 0. The Kier molecular flexibility index (Phi) is 3.92. The van der Waals surface area contributed by atoms with Crippen LogP contribution in [0.5, 0.6) is 0 Å². The van der Waals surface area contributed by atoms with Crippen LogP contribution in [-0.2, 0) is 0 Å². The van der Waals surface area contributed by atoms with Crippen molar-refractivity contribution >= 4 is 39.1 Å². The Morgan fingerprint density at radius 2 is 2.29 bits per heavy atom. The number of halogens is 3. The molecule has 1 aliphatic heterocycles. The van der Waals surface area contributed by atoms with E-state index in [2.05, 4.69) is 36.9 Å². The maximum absolute atomic E-state index is 13.1. The van der Waals surface area contributed by atoms with Crippen LogP contribution >= 0.6 is 27.5 Å². The second-order valence-electron chi connectivity index (χ2n) is 4.59. The fraction of sp³-hybridized carbons (Fsp3) is 0.250. The number of hydrogen-bond acceptors (Lipinski definition) is 4. The molecule has 1 saturated heterocycles.